The summed E-state index contributed by atoms with van der Waals surface area (Å²) >= 11 is 8.46. The molecule has 0 saturated carbocycles. The van der Waals surface area contributed by atoms with Crippen molar-refractivity contribution in [1.82, 2.24) is 4.98 Å². The second-order valence-corrected chi connectivity index (χ2v) is 8.53. The second kappa shape index (κ2) is 8.17. The topological polar surface area (TPSA) is 50.3 Å². The van der Waals surface area contributed by atoms with Crippen molar-refractivity contribution in [3.05, 3.63) is 67.8 Å². The normalized spacial score (nSPS) is 11.1. The molecule has 0 saturated heterocycles. The van der Waals surface area contributed by atoms with Gasteiger partial charge >= 0.3 is 0 Å². The van der Waals surface area contributed by atoms with Gasteiger partial charge in [0.25, 0.3) is 0 Å². The third-order valence-corrected chi connectivity index (χ3v) is 6.08. The van der Waals surface area contributed by atoms with Crippen molar-refractivity contribution in [2.45, 2.75) is 20.8 Å². The van der Waals surface area contributed by atoms with Gasteiger partial charge in [-0.25, -0.2) is 4.98 Å². The number of anilines is 2. The number of thiazole rings is 1. The first kappa shape index (κ1) is 19.5. The number of halogens is 1. The standard InChI is InChI=1S/C20H17ClN2O2S2/c1-12-4-6-16(10-13(12)2)23(14(3)24)20-22-15(11-26-20)5-7-17(25)18-8-9-19(21)27-18/h4-11H,1-3H3/b7-5+. The van der Waals surface area contributed by atoms with E-state index < -0.39 is 0 Å². The van der Waals surface area contributed by atoms with Crippen LogP contribution in [0.3, 0.4) is 0 Å². The second-order valence-electron chi connectivity index (χ2n) is 5.98. The van der Waals surface area contributed by atoms with Gasteiger partial charge in [0.15, 0.2) is 10.9 Å². The lowest BCUT2D eigenvalue weighted by molar-refractivity contribution is -0.115. The fraction of sp³-hybridized carbons (Fsp3) is 0.150. The van der Waals surface area contributed by atoms with Crippen LogP contribution in [0.1, 0.15) is 33.4 Å². The number of ketones is 1. The van der Waals surface area contributed by atoms with Crippen LogP contribution in [-0.2, 0) is 4.79 Å². The average Bonchev–Trinajstić information content (AvgIpc) is 3.25. The smallest absolute Gasteiger partial charge is 0.230 e. The number of thiophene rings is 1. The van der Waals surface area contributed by atoms with Crippen LogP contribution in [0.25, 0.3) is 6.08 Å². The predicted molar refractivity (Wildman–Crippen MR) is 114 cm³/mol. The third kappa shape index (κ3) is 4.53. The molecule has 0 unspecified atom stereocenters. The molecule has 3 rings (SSSR count). The fourth-order valence-electron chi connectivity index (χ4n) is 2.44. The van der Waals surface area contributed by atoms with Crippen molar-refractivity contribution in [3.8, 4) is 0 Å². The maximum Gasteiger partial charge on any atom is 0.230 e. The highest BCUT2D eigenvalue weighted by Gasteiger charge is 2.18. The molecule has 0 bridgehead atoms. The maximum absolute atomic E-state index is 12.2. The Morgan fingerprint density at radius 2 is 1.93 bits per heavy atom. The Bertz CT molecular complexity index is 1040. The molecule has 2 heterocycles. The lowest BCUT2D eigenvalue weighted by atomic mass is 10.1. The van der Waals surface area contributed by atoms with Gasteiger partial charge in [0, 0.05) is 12.3 Å². The van der Waals surface area contributed by atoms with Gasteiger partial charge in [-0.3, -0.25) is 14.5 Å². The summed E-state index contributed by atoms with van der Waals surface area (Å²) < 4.78 is 0.577. The predicted octanol–water partition coefficient (Wildman–Crippen LogP) is 6.06. The number of nitrogens with zero attached hydrogens (tertiary/aromatic N) is 2. The Morgan fingerprint density at radius 1 is 1.15 bits per heavy atom. The minimum Gasteiger partial charge on any atom is -0.288 e. The van der Waals surface area contributed by atoms with Gasteiger partial charge in [0.1, 0.15) is 0 Å². The van der Waals surface area contributed by atoms with E-state index in [4.69, 9.17) is 11.6 Å². The van der Waals surface area contributed by atoms with Crippen LogP contribution in [0, 0.1) is 13.8 Å². The van der Waals surface area contributed by atoms with Crippen molar-refractivity contribution >= 4 is 62.9 Å². The van der Waals surface area contributed by atoms with E-state index in [1.807, 2.05) is 37.4 Å². The van der Waals surface area contributed by atoms with Crippen molar-refractivity contribution < 1.29 is 9.59 Å². The number of aromatic nitrogens is 1. The lowest BCUT2D eigenvalue weighted by Crippen LogP contribution is -2.22. The Balaban J connectivity index is 1.83. The molecule has 2 aromatic heterocycles. The van der Waals surface area contributed by atoms with E-state index in [-0.39, 0.29) is 11.7 Å². The van der Waals surface area contributed by atoms with Gasteiger partial charge in [0.2, 0.25) is 5.91 Å². The number of benzene rings is 1. The van der Waals surface area contributed by atoms with Crippen LogP contribution in [0.2, 0.25) is 4.34 Å². The number of amides is 1. The quantitative estimate of drug-likeness (QED) is 0.375. The van der Waals surface area contributed by atoms with E-state index in [0.717, 1.165) is 16.8 Å². The van der Waals surface area contributed by atoms with Crippen LogP contribution < -0.4 is 4.90 Å². The molecule has 0 aliphatic rings. The van der Waals surface area contributed by atoms with Crippen LogP contribution in [0.5, 0.6) is 0 Å². The van der Waals surface area contributed by atoms with Gasteiger partial charge in [-0.1, -0.05) is 17.7 Å². The molecular weight excluding hydrogens is 400 g/mol. The molecule has 0 spiro atoms. The van der Waals surface area contributed by atoms with E-state index in [1.54, 1.807) is 23.1 Å². The molecule has 0 aliphatic carbocycles. The number of carbonyl (C=O) groups is 2. The number of rotatable bonds is 5. The van der Waals surface area contributed by atoms with E-state index in [2.05, 4.69) is 4.98 Å². The number of aryl methyl sites for hydroxylation is 2. The minimum atomic E-state index is -0.126. The highest BCUT2D eigenvalue weighted by Crippen LogP contribution is 2.30. The zero-order chi connectivity index (χ0) is 19.6. The van der Waals surface area contributed by atoms with Crippen molar-refractivity contribution in [2.24, 2.45) is 0 Å². The van der Waals surface area contributed by atoms with Crippen LogP contribution in [-0.4, -0.2) is 16.7 Å². The SMILES string of the molecule is CC(=O)N(c1ccc(C)c(C)c1)c1nc(/C=C/C(=O)c2ccc(Cl)s2)cs1. The van der Waals surface area contributed by atoms with Crippen LogP contribution >= 0.6 is 34.3 Å². The first-order valence-electron chi connectivity index (χ1n) is 8.16. The zero-order valence-electron chi connectivity index (χ0n) is 15.0. The molecule has 0 fully saturated rings. The Morgan fingerprint density at radius 3 is 2.56 bits per heavy atom. The minimum absolute atomic E-state index is 0.118. The summed E-state index contributed by atoms with van der Waals surface area (Å²) in [6, 6.07) is 9.26. The largest absolute Gasteiger partial charge is 0.288 e. The summed E-state index contributed by atoms with van der Waals surface area (Å²) in [7, 11) is 0. The van der Waals surface area contributed by atoms with Gasteiger partial charge in [-0.2, -0.15) is 0 Å². The Kier molecular flexibility index (Phi) is 5.89. The lowest BCUT2D eigenvalue weighted by Gasteiger charge is -2.19. The van der Waals surface area contributed by atoms with E-state index in [1.165, 1.54) is 35.7 Å². The van der Waals surface area contributed by atoms with Crippen molar-refractivity contribution in [1.29, 1.82) is 0 Å². The number of allylic oxidation sites excluding steroid dienone is 1. The molecule has 0 aliphatic heterocycles. The van der Waals surface area contributed by atoms with Crippen LogP contribution in [0.4, 0.5) is 10.8 Å². The summed E-state index contributed by atoms with van der Waals surface area (Å²) in [5.41, 5.74) is 3.67. The summed E-state index contributed by atoms with van der Waals surface area (Å²) in [4.78, 5) is 31.0. The van der Waals surface area contributed by atoms with Gasteiger partial charge in [-0.15, -0.1) is 22.7 Å². The van der Waals surface area contributed by atoms with Gasteiger partial charge in [0.05, 0.1) is 20.6 Å². The molecule has 27 heavy (non-hydrogen) atoms. The number of hydrogen-bond donors (Lipinski definition) is 0. The van der Waals surface area contributed by atoms with Crippen molar-refractivity contribution in [2.75, 3.05) is 4.90 Å². The third-order valence-electron chi connectivity index (χ3n) is 3.99. The highest BCUT2D eigenvalue weighted by atomic mass is 35.5. The molecule has 4 nitrogen and oxygen atoms in total. The van der Waals surface area contributed by atoms with E-state index in [9.17, 15) is 9.59 Å². The van der Waals surface area contributed by atoms with Gasteiger partial charge in [-0.05, 0) is 61.4 Å². The summed E-state index contributed by atoms with van der Waals surface area (Å²) in [6.45, 7) is 5.55. The number of carbonyl (C=O) groups excluding carboxylic acids is 2. The molecule has 0 radical (unpaired) electrons. The molecule has 1 aromatic carbocycles. The molecular formula is C20H17ClN2O2S2. The molecule has 7 heteroatoms. The first-order chi connectivity index (χ1) is 12.8. The maximum atomic E-state index is 12.2. The molecule has 138 valence electrons. The first-order valence-corrected chi connectivity index (χ1v) is 10.2. The van der Waals surface area contributed by atoms with E-state index in [0.29, 0.717) is 20.0 Å². The summed E-state index contributed by atoms with van der Waals surface area (Å²) in [5, 5.41) is 2.38. The van der Waals surface area contributed by atoms with Crippen molar-refractivity contribution in [3.63, 3.8) is 0 Å². The molecule has 1 amide bonds. The number of hydrogen-bond acceptors (Lipinski definition) is 5. The Labute approximate surface area is 170 Å². The summed E-state index contributed by atoms with van der Waals surface area (Å²) in [5.74, 6) is -0.244. The fourth-order valence-corrected chi connectivity index (χ4v) is 4.26. The average molecular weight is 417 g/mol. The highest BCUT2D eigenvalue weighted by molar-refractivity contribution is 7.18. The zero-order valence-corrected chi connectivity index (χ0v) is 17.4. The van der Waals surface area contributed by atoms with Crippen LogP contribution in [0.15, 0.2) is 41.8 Å². The molecule has 3 aromatic rings. The molecule has 0 atom stereocenters. The van der Waals surface area contributed by atoms with E-state index >= 15 is 0 Å². The summed E-state index contributed by atoms with van der Waals surface area (Å²) in [6.07, 6.45) is 3.11. The Hall–Kier alpha value is -2.28. The molecule has 0 N–H and O–H groups in total. The van der Waals surface area contributed by atoms with Gasteiger partial charge < -0.3 is 0 Å². The monoisotopic (exact) mass is 416 g/mol.